The molecular weight excluding hydrogens is 352 g/mol. The Labute approximate surface area is 140 Å². The van der Waals surface area contributed by atoms with Gasteiger partial charge in [0.1, 0.15) is 0 Å². The van der Waals surface area contributed by atoms with Gasteiger partial charge in [-0.05, 0) is 49.6 Å². The summed E-state index contributed by atoms with van der Waals surface area (Å²) >= 11 is 0. The minimum Gasteiger partial charge on any atom is -0.466 e. The number of carbonyl (C=O) groups is 1. The molecule has 140 valence electrons. The van der Waals surface area contributed by atoms with Crippen LogP contribution in [0.2, 0.25) is 0 Å². The van der Waals surface area contributed by atoms with Gasteiger partial charge in [0.2, 0.25) is 0 Å². The second kappa shape index (κ2) is 7.23. The van der Waals surface area contributed by atoms with E-state index < -0.39 is 23.5 Å². The molecule has 25 heavy (non-hydrogen) atoms. The standard InChI is InChI=1S/C16H17F6NO2/c1-2-25-14(24)13-5-10(13)8-23-7-9-3-11(15(17,18)19)6-12(4-9)16(20,21)22/h3-4,6,10,13,23H,2,5,7-8H2,1H3. The van der Waals surface area contributed by atoms with Gasteiger partial charge in [-0.15, -0.1) is 0 Å². The molecule has 0 spiro atoms. The maximum Gasteiger partial charge on any atom is 0.416 e. The lowest BCUT2D eigenvalue weighted by atomic mass is 10.0. The molecule has 0 bridgehead atoms. The summed E-state index contributed by atoms with van der Waals surface area (Å²) in [6, 6.07) is 1.48. The number of halogens is 6. The summed E-state index contributed by atoms with van der Waals surface area (Å²) in [6.45, 7) is 2.11. The fourth-order valence-electron chi connectivity index (χ4n) is 2.53. The molecule has 1 aromatic rings. The maximum atomic E-state index is 12.8. The number of carbonyl (C=O) groups excluding carboxylic acids is 1. The average molecular weight is 369 g/mol. The first kappa shape index (κ1) is 19.6. The van der Waals surface area contributed by atoms with E-state index in [1.165, 1.54) is 0 Å². The van der Waals surface area contributed by atoms with Crippen LogP contribution in [0.15, 0.2) is 18.2 Å². The van der Waals surface area contributed by atoms with Gasteiger partial charge in [0, 0.05) is 6.54 Å². The molecule has 0 amide bonds. The molecule has 2 rings (SSSR count). The number of hydrogen-bond donors (Lipinski definition) is 1. The topological polar surface area (TPSA) is 38.3 Å². The molecule has 2 unspecified atom stereocenters. The SMILES string of the molecule is CCOC(=O)C1CC1CNCc1cc(C(F)(F)F)cc(C(F)(F)F)c1. The van der Waals surface area contributed by atoms with Crippen LogP contribution in [-0.4, -0.2) is 19.1 Å². The first-order valence-corrected chi connectivity index (χ1v) is 7.68. The van der Waals surface area contributed by atoms with Crippen molar-refractivity contribution in [2.24, 2.45) is 11.8 Å². The van der Waals surface area contributed by atoms with Crippen LogP contribution in [0.25, 0.3) is 0 Å². The molecule has 0 aliphatic heterocycles. The Morgan fingerprint density at radius 1 is 1.12 bits per heavy atom. The van der Waals surface area contributed by atoms with Crippen LogP contribution in [0.4, 0.5) is 26.3 Å². The highest BCUT2D eigenvalue weighted by molar-refractivity contribution is 5.75. The van der Waals surface area contributed by atoms with Gasteiger partial charge in [-0.25, -0.2) is 0 Å². The molecule has 1 N–H and O–H groups in total. The normalized spacial score (nSPS) is 20.4. The quantitative estimate of drug-likeness (QED) is 0.608. The van der Waals surface area contributed by atoms with Gasteiger partial charge < -0.3 is 10.1 Å². The second-order valence-corrected chi connectivity index (χ2v) is 5.90. The third kappa shape index (κ3) is 5.35. The minimum absolute atomic E-state index is 0.00747. The molecule has 0 saturated heterocycles. The van der Waals surface area contributed by atoms with Crippen molar-refractivity contribution in [3.8, 4) is 0 Å². The lowest BCUT2D eigenvalue weighted by Crippen LogP contribution is -2.20. The molecular formula is C16H17F6NO2. The first-order chi connectivity index (χ1) is 11.5. The zero-order valence-corrected chi connectivity index (χ0v) is 13.3. The van der Waals surface area contributed by atoms with Crippen molar-refractivity contribution in [3.63, 3.8) is 0 Å². The van der Waals surface area contributed by atoms with Crippen LogP contribution in [0.5, 0.6) is 0 Å². The molecule has 2 atom stereocenters. The largest absolute Gasteiger partial charge is 0.466 e. The predicted molar refractivity (Wildman–Crippen MR) is 76.4 cm³/mol. The number of esters is 1. The highest BCUT2D eigenvalue weighted by Gasteiger charge is 2.43. The monoisotopic (exact) mass is 369 g/mol. The first-order valence-electron chi connectivity index (χ1n) is 7.68. The minimum atomic E-state index is -4.86. The summed E-state index contributed by atoms with van der Waals surface area (Å²) in [5.41, 5.74) is -2.79. The summed E-state index contributed by atoms with van der Waals surface area (Å²) in [4.78, 5) is 11.5. The number of hydrogen-bond acceptors (Lipinski definition) is 3. The summed E-state index contributed by atoms with van der Waals surface area (Å²) in [5, 5.41) is 2.81. The third-order valence-corrected chi connectivity index (χ3v) is 3.90. The molecule has 1 fully saturated rings. The molecule has 1 aliphatic rings. The molecule has 1 aromatic carbocycles. The highest BCUT2D eigenvalue weighted by Crippen LogP contribution is 2.39. The molecule has 0 radical (unpaired) electrons. The van der Waals surface area contributed by atoms with Crippen LogP contribution in [0.3, 0.4) is 0 Å². The van der Waals surface area contributed by atoms with Gasteiger partial charge in [-0.1, -0.05) is 0 Å². The van der Waals surface area contributed by atoms with E-state index in [4.69, 9.17) is 4.74 Å². The summed E-state index contributed by atoms with van der Waals surface area (Å²) in [7, 11) is 0. The Kier molecular flexibility index (Phi) is 5.65. The van der Waals surface area contributed by atoms with Crippen LogP contribution >= 0.6 is 0 Å². The molecule has 0 heterocycles. The van der Waals surface area contributed by atoms with Crippen molar-refractivity contribution in [3.05, 3.63) is 34.9 Å². The van der Waals surface area contributed by atoms with Crippen molar-refractivity contribution in [2.45, 2.75) is 32.2 Å². The number of benzene rings is 1. The lowest BCUT2D eigenvalue weighted by molar-refractivity contribution is -0.145. The Hall–Kier alpha value is -1.77. The van der Waals surface area contributed by atoms with Gasteiger partial charge in [-0.2, -0.15) is 26.3 Å². The van der Waals surface area contributed by atoms with Crippen molar-refractivity contribution in [1.82, 2.24) is 5.32 Å². The average Bonchev–Trinajstić information content (AvgIpc) is 3.25. The summed E-state index contributed by atoms with van der Waals surface area (Å²) in [5.74, 6) is -0.584. The van der Waals surface area contributed by atoms with Crippen LogP contribution in [0.1, 0.15) is 30.0 Å². The van der Waals surface area contributed by atoms with Crippen molar-refractivity contribution >= 4 is 5.97 Å². The van der Waals surface area contributed by atoms with Crippen molar-refractivity contribution < 1.29 is 35.9 Å². The number of nitrogens with one attached hydrogen (secondary N) is 1. The Bertz CT molecular complexity index is 594. The zero-order valence-electron chi connectivity index (χ0n) is 13.3. The van der Waals surface area contributed by atoms with E-state index >= 15 is 0 Å². The van der Waals surface area contributed by atoms with Gasteiger partial charge in [-0.3, -0.25) is 4.79 Å². The Balaban J connectivity index is 1.99. The van der Waals surface area contributed by atoms with Crippen LogP contribution in [-0.2, 0) is 28.4 Å². The third-order valence-electron chi connectivity index (χ3n) is 3.90. The number of rotatable bonds is 6. The lowest BCUT2D eigenvalue weighted by Gasteiger charge is -2.14. The van der Waals surface area contributed by atoms with Crippen LogP contribution < -0.4 is 5.32 Å². The molecule has 3 nitrogen and oxygen atoms in total. The van der Waals surface area contributed by atoms with Gasteiger partial charge in [0.25, 0.3) is 0 Å². The second-order valence-electron chi connectivity index (χ2n) is 5.90. The van der Waals surface area contributed by atoms with E-state index in [9.17, 15) is 31.1 Å². The molecule has 1 saturated carbocycles. The van der Waals surface area contributed by atoms with E-state index in [1.54, 1.807) is 6.92 Å². The van der Waals surface area contributed by atoms with Gasteiger partial charge >= 0.3 is 18.3 Å². The van der Waals surface area contributed by atoms with E-state index in [0.717, 1.165) is 0 Å². The van der Waals surface area contributed by atoms with Crippen LogP contribution in [0, 0.1) is 11.8 Å². The Morgan fingerprint density at radius 2 is 1.68 bits per heavy atom. The van der Waals surface area contributed by atoms with E-state index in [2.05, 4.69) is 5.32 Å². The maximum absolute atomic E-state index is 12.8. The fourth-order valence-corrected chi connectivity index (χ4v) is 2.53. The number of alkyl halides is 6. The molecule has 1 aliphatic carbocycles. The van der Waals surface area contributed by atoms with E-state index in [1.807, 2.05) is 0 Å². The molecule has 0 aromatic heterocycles. The number of ether oxygens (including phenoxy) is 1. The smallest absolute Gasteiger partial charge is 0.416 e. The Morgan fingerprint density at radius 3 is 2.16 bits per heavy atom. The van der Waals surface area contributed by atoms with Crippen molar-refractivity contribution in [2.75, 3.05) is 13.2 Å². The van der Waals surface area contributed by atoms with Crippen molar-refractivity contribution in [1.29, 1.82) is 0 Å². The van der Waals surface area contributed by atoms with E-state index in [-0.39, 0.29) is 42.6 Å². The molecule has 9 heteroatoms. The fraction of sp³-hybridized carbons (Fsp3) is 0.562. The summed E-state index contributed by atoms with van der Waals surface area (Å²) < 4.78 is 81.5. The van der Waals surface area contributed by atoms with Gasteiger partial charge in [0.15, 0.2) is 0 Å². The van der Waals surface area contributed by atoms with E-state index in [0.29, 0.717) is 25.1 Å². The predicted octanol–water partition coefficient (Wildman–Crippen LogP) is 4.01. The summed E-state index contributed by atoms with van der Waals surface area (Å²) in [6.07, 6.45) is -9.12. The highest BCUT2D eigenvalue weighted by atomic mass is 19.4. The zero-order chi connectivity index (χ0) is 18.8. The van der Waals surface area contributed by atoms with Gasteiger partial charge in [0.05, 0.1) is 23.7 Å².